The van der Waals surface area contributed by atoms with E-state index in [1.54, 1.807) is 0 Å². The van der Waals surface area contributed by atoms with Crippen molar-refractivity contribution in [3.05, 3.63) is 0 Å². The smallest absolute Gasteiger partial charge is 0.187 e. The molecule has 3 heterocycles. The minimum absolute atomic E-state index is 0.0164. The van der Waals surface area contributed by atoms with E-state index < -0.39 is 11.6 Å². The first-order chi connectivity index (χ1) is 8.27. The zero-order valence-corrected chi connectivity index (χ0v) is 11.6. The Kier molecular flexibility index (Phi) is 2.78. The zero-order chi connectivity index (χ0) is 13.1. The molecule has 5 heteroatoms. The number of hydrogen-bond acceptors (Lipinski definition) is 5. The van der Waals surface area contributed by atoms with Crippen LogP contribution in [0.25, 0.3) is 0 Å². The number of rotatable bonds is 1. The maximum Gasteiger partial charge on any atom is 0.187 e. The van der Waals surface area contributed by atoms with E-state index in [4.69, 9.17) is 23.7 Å². The van der Waals surface area contributed by atoms with Gasteiger partial charge in [0.15, 0.2) is 17.9 Å². The maximum atomic E-state index is 5.96. The van der Waals surface area contributed by atoms with Crippen LogP contribution < -0.4 is 0 Å². The Morgan fingerprint density at radius 1 is 0.889 bits per heavy atom. The molecule has 0 saturated carbocycles. The highest BCUT2D eigenvalue weighted by Crippen LogP contribution is 2.43. The van der Waals surface area contributed by atoms with Gasteiger partial charge in [0.25, 0.3) is 0 Å². The molecule has 3 saturated heterocycles. The topological polar surface area (TPSA) is 46.2 Å². The largest absolute Gasteiger partial charge is 0.348 e. The van der Waals surface area contributed by atoms with Gasteiger partial charge in [-0.1, -0.05) is 6.92 Å². The van der Waals surface area contributed by atoms with Gasteiger partial charge < -0.3 is 23.7 Å². The van der Waals surface area contributed by atoms with Gasteiger partial charge in [0.2, 0.25) is 0 Å². The Bertz CT molecular complexity index is 340. The van der Waals surface area contributed by atoms with Crippen molar-refractivity contribution in [1.82, 2.24) is 0 Å². The molecule has 0 aliphatic carbocycles. The number of fused-ring (bicyclic) bond motifs is 1. The van der Waals surface area contributed by atoms with Gasteiger partial charge in [0.05, 0.1) is 12.7 Å². The monoisotopic (exact) mass is 258 g/mol. The molecule has 3 aliphatic heterocycles. The van der Waals surface area contributed by atoms with Crippen molar-refractivity contribution in [2.75, 3.05) is 6.61 Å². The molecular formula is C13H22O5. The molecule has 5 atom stereocenters. The van der Waals surface area contributed by atoms with Crippen LogP contribution in [0.4, 0.5) is 0 Å². The SMILES string of the molecule is C[C@@H]1[C@H]2OC(C)(C)O[C@H]2O[C@@H]1[C@H]1COC(C)(C)O1. The first-order valence-corrected chi connectivity index (χ1v) is 6.60. The summed E-state index contributed by atoms with van der Waals surface area (Å²) in [6.07, 6.45) is -0.376. The molecule has 3 aliphatic rings. The molecule has 5 nitrogen and oxygen atoms in total. The van der Waals surface area contributed by atoms with E-state index in [1.165, 1.54) is 0 Å². The predicted octanol–water partition coefficient (Wildman–Crippen LogP) is 1.65. The molecule has 0 bridgehead atoms. The second-order valence-corrected chi connectivity index (χ2v) is 6.30. The fraction of sp³-hybridized carbons (Fsp3) is 1.00. The van der Waals surface area contributed by atoms with E-state index >= 15 is 0 Å². The van der Waals surface area contributed by atoms with Crippen molar-refractivity contribution in [3.8, 4) is 0 Å². The maximum absolute atomic E-state index is 5.96. The number of hydrogen-bond donors (Lipinski definition) is 0. The van der Waals surface area contributed by atoms with E-state index in [2.05, 4.69) is 6.92 Å². The van der Waals surface area contributed by atoms with Crippen molar-refractivity contribution >= 4 is 0 Å². The zero-order valence-electron chi connectivity index (χ0n) is 11.6. The van der Waals surface area contributed by atoms with Crippen molar-refractivity contribution < 1.29 is 23.7 Å². The van der Waals surface area contributed by atoms with Crippen LogP contribution in [0, 0.1) is 5.92 Å². The second kappa shape index (κ2) is 3.90. The summed E-state index contributed by atoms with van der Waals surface area (Å²) in [4.78, 5) is 0. The molecule has 3 rings (SSSR count). The van der Waals surface area contributed by atoms with Gasteiger partial charge in [0, 0.05) is 5.92 Å². The van der Waals surface area contributed by atoms with Gasteiger partial charge in [-0.15, -0.1) is 0 Å². The Morgan fingerprint density at radius 3 is 2.17 bits per heavy atom. The summed E-state index contributed by atoms with van der Waals surface area (Å²) in [5, 5.41) is 0. The molecule has 0 spiro atoms. The molecule has 0 unspecified atom stereocenters. The van der Waals surface area contributed by atoms with Gasteiger partial charge in [-0.05, 0) is 27.7 Å². The van der Waals surface area contributed by atoms with Crippen molar-refractivity contribution in [3.63, 3.8) is 0 Å². The third-order valence-corrected chi connectivity index (χ3v) is 3.81. The van der Waals surface area contributed by atoms with Gasteiger partial charge in [0.1, 0.15) is 12.2 Å². The van der Waals surface area contributed by atoms with E-state index in [0.29, 0.717) is 6.61 Å². The normalized spacial score (nSPS) is 49.5. The first kappa shape index (κ1) is 12.8. The van der Waals surface area contributed by atoms with E-state index in [1.807, 2.05) is 27.7 Å². The minimum Gasteiger partial charge on any atom is -0.348 e. The molecule has 104 valence electrons. The molecule has 0 aromatic carbocycles. The molecule has 0 radical (unpaired) electrons. The lowest BCUT2D eigenvalue weighted by Crippen LogP contribution is -2.37. The Labute approximate surface area is 108 Å². The molecular weight excluding hydrogens is 236 g/mol. The Balaban J connectivity index is 1.68. The van der Waals surface area contributed by atoms with Crippen LogP contribution in [-0.4, -0.2) is 42.8 Å². The summed E-state index contributed by atoms with van der Waals surface area (Å²) in [5.41, 5.74) is 0. The van der Waals surface area contributed by atoms with Gasteiger partial charge in [-0.3, -0.25) is 0 Å². The Hall–Kier alpha value is -0.200. The highest BCUT2D eigenvalue weighted by molar-refractivity contribution is 4.95. The van der Waals surface area contributed by atoms with Crippen molar-refractivity contribution in [2.45, 2.75) is 70.8 Å². The fourth-order valence-electron chi connectivity index (χ4n) is 2.99. The van der Waals surface area contributed by atoms with Crippen LogP contribution in [0.3, 0.4) is 0 Å². The first-order valence-electron chi connectivity index (χ1n) is 6.60. The summed E-state index contributed by atoms with van der Waals surface area (Å²) in [6, 6.07) is 0. The Morgan fingerprint density at radius 2 is 1.61 bits per heavy atom. The van der Waals surface area contributed by atoms with Crippen LogP contribution >= 0.6 is 0 Å². The minimum atomic E-state index is -0.555. The second-order valence-electron chi connectivity index (χ2n) is 6.30. The average molecular weight is 258 g/mol. The third kappa shape index (κ3) is 2.08. The lowest BCUT2D eigenvalue weighted by molar-refractivity contribution is -0.226. The molecule has 0 amide bonds. The lowest BCUT2D eigenvalue weighted by Gasteiger charge is -2.27. The van der Waals surface area contributed by atoms with E-state index in [9.17, 15) is 0 Å². The summed E-state index contributed by atoms with van der Waals surface area (Å²) < 4.78 is 29.0. The molecule has 0 N–H and O–H groups in total. The summed E-state index contributed by atoms with van der Waals surface area (Å²) >= 11 is 0. The highest BCUT2D eigenvalue weighted by atomic mass is 16.8. The van der Waals surface area contributed by atoms with Gasteiger partial charge >= 0.3 is 0 Å². The van der Waals surface area contributed by atoms with Crippen LogP contribution in [0.2, 0.25) is 0 Å². The standard InChI is InChI=1S/C13H22O5/c1-7-9(8-6-14-12(2,3)16-8)15-11-10(7)17-13(4,5)18-11/h7-11H,6H2,1-5H3/t7-,8+,9-,10+,11+/m0/s1. The van der Waals surface area contributed by atoms with Crippen LogP contribution in [0.15, 0.2) is 0 Å². The lowest BCUT2D eigenvalue weighted by atomic mass is 9.97. The fourth-order valence-corrected chi connectivity index (χ4v) is 2.99. The van der Waals surface area contributed by atoms with Crippen molar-refractivity contribution in [1.29, 1.82) is 0 Å². The van der Waals surface area contributed by atoms with Gasteiger partial charge in [-0.2, -0.15) is 0 Å². The number of ether oxygens (including phenoxy) is 5. The van der Waals surface area contributed by atoms with Crippen LogP contribution in [-0.2, 0) is 23.7 Å². The molecule has 18 heavy (non-hydrogen) atoms. The van der Waals surface area contributed by atoms with Gasteiger partial charge in [-0.25, -0.2) is 0 Å². The molecule has 0 aromatic heterocycles. The summed E-state index contributed by atoms with van der Waals surface area (Å²) in [7, 11) is 0. The van der Waals surface area contributed by atoms with Crippen LogP contribution in [0.5, 0.6) is 0 Å². The summed E-state index contributed by atoms with van der Waals surface area (Å²) in [6.45, 7) is 10.3. The average Bonchev–Trinajstić information content (AvgIpc) is 2.81. The van der Waals surface area contributed by atoms with Crippen molar-refractivity contribution in [2.24, 2.45) is 5.92 Å². The third-order valence-electron chi connectivity index (χ3n) is 3.81. The highest BCUT2D eigenvalue weighted by Gasteiger charge is 2.56. The predicted molar refractivity (Wildman–Crippen MR) is 62.8 cm³/mol. The summed E-state index contributed by atoms with van der Waals surface area (Å²) in [5.74, 6) is -0.841. The van der Waals surface area contributed by atoms with Crippen LogP contribution in [0.1, 0.15) is 34.6 Å². The van der Waals surface area contributed by atoms with E-state index in [-0.39, 0.29) is 30.5 Å². The molecule has 0 aromatic rings. The molecule has 3 fully saturated rings. The van der Waals surface area contributed by atoms with E-state index in [0.717, 1.165) is 0 Å². The quantitative estimate of drug-likeness (QED) is 0.715.